The number of fused-ring (bicyclic) bond motifs is 1. The van der Waals surface area contributed by atoms with E-state index >= 15 is 0 Å². The molecule has 3 aromatic rings. The number of para-hydroxylation sites is 1. The summed E-state index contributed by atoms with van der Waals surface area (Å²) in [6, 6.07) is 18.5. The Bertz CT molecular complexity index is 1010. The zero-order valence-corrected chi connectivity index (χ0v) is 17.5. The van der Waals surface area contributed by atoms with E-state index in [1.54, 1.807) is 18.0 Å². The van der Waals surface area contributed by atoms with E-state index < -0.39 is 0 Å². The predicted molar refractivity (Wildman–Crippen MR) is 117 cm³/mol. The molecule has 2 N–H and O–H groups in total. The van der Waals surface area contributed by atoms with Crippen LogP contribution in [0.2, 0.25) is 0 Å². The molecule has 0 fully saturated rings. The molecule has 2 heterocycles. The summed E-state index contributed by atoms with van der Waals surface area (Å²) in [4.78, 5) is 7.82. The molecule has 0 saturated heterocycles. The van der Waals surface area contributed by atoms with Crippen molar-refractivity contribution in [3.05, 3.63) is 71.9 Å². The standard InChI is InChI=1S/C23H25N3OS/c1-15-11-12-20-18(14-15)26(22(24)28-20)17-9-7-13-25-21(17)27-19-10-6-5-8-16(19)23(2,3)4/h5-14,22H,24H2,1-4H3. The lowest BCUT2D eigenvalue weighted by Gasteiger charge is -2.27. The fraction of sp³-hybridized carbons (Fsp3) is 0.261. The first-order chi connectivity index (χ1) is 13.3. The van der Waals surface area contributed by atoms with Crippen molar-refractivity contribution in [1.29, 1.82) is 0 Å². The molecule has 4 nitrogen and oxygen atoms in total. The molecule has 28 heavy (non-hydrogen) atoms. The molecule has 0 bridgehead atoms. The Morgan fingerprint density at radius 2 is 1.82 bits per heavy atom. The molecule has 0 saturated carbocycles. The number of benzene rings is 2. The van der Waals surface area contributed by atoms with E-state index in [1.807, 2.05) is 30.3 Å². The van der Waals surface area contributed by atoms with Crippen LogP contribution in [-0.4, -0.2) is 10.5 Å². The summed E-state index contributed by atoms with van der Waals surface area (Å²) in [5, 5.41) is 0. The molecular weight excluding hydrogens is 366 g/mol. The second kappa shape index (κ2) is 7.15. The molecule has 2 aromatic carbocycles. The molecule has 1 aromatic heterocycles. The molecule has 1 atom stereocenters. The van der Waals surface area contributed by atoms with Crippen LogP contribution in [0.15, 0.2) is 65.7 Å². The molecule has 1 aliphatic rings. The molecule has 0 radical (unpaired) electrons. The highest BCUT2D eigenvalue weighted by atomic mass is 32.2. The van der Waals surface area contributed by atoms with Gasteiger partial charge in [-0.3, -0.25) is 0 Å². The largest absolute Gasteiger partial charge is 0.437 e. The lowest BCUT2D eigenvalue weighted by molar-refractivity contribution is 0.440. The second-order valence-corrected chi connectivity index (χ2v) is 9.18. The number of thioether (sulfide) groups is 1. The fourth-order valence-corrected chi connectivity index (χ4v) is 4.44. The Morgan fingerprint density at radius 1 is 1.04 bits per heavy atom. The van der Waals surface area contributed by atoms with Gasteiger partial charge in [-0.05, 0) is 48.2 Å². The number of nitrogens with zero attached hydrogens (tertiary/aromatic N) is 2. The average molecular weight is 392 g/mol. The van der Waals surface area contributed by atoms with Crippen LogP contribution < -0.4 is 15.4 Å². The molecule has 0 amide bonds. The smallest absolute Gasteiger partial charge is 0.243 e. The number of pyridine rings is 1. The van der Waals surface area contributed by atoms with Crippen LogP contribution in [0.4, 0.5) is 11.4 Å². The monoisotopic (exact) mass is 391 g/mol. The van der Waals surface area contributed by atoms with Crippen molar-refractivity contribution >= 4 is 23.1 Å². The summed E-state index contributed by atoms with van der Waals surface area (Å²) < 4.78 is 6.36. The normalized spacial score (nSPS) is 16.2. The minimum absolute atomic E-state index is 0.0326. The lowest BCUT2D eigenvalue weighted by Crippen LogP contribution is -2.32. The van der Waals surface area contributed by atoms with Gasteiger partial charge in [-0.2, -0.15) is 0 Å². The number of hydrogen-bond acceptors (Lipinski definition) is 5. The van der Waals surface area contributed by atoms with Crippen LogP contribution in [0.3, 0.4) is 0 Å². The van der Waals surface area contributed by atoms with E-state index in [9.17, 15) is 0 Å². The molecular formula is C23H25N3OS. The van der Waals surface area contributed by atoms with E-state index in [0.717, 1.165) is 22.7 Å². The van der Waals surface area contributed by atoms with Gasteiger partial charge in [-0.25, -0.2) is 4.98 Å². The van der Waals surface area contributed by atoms with Crippen LogP contribution in [0.5, 0.6) is 11.6 Å². The third-order valence-corrected chi connectivity index (χ3v) is 5.84. The molecule has 0 spiro atoms. The van der Waals surface area contributed by atoms with E-state index in [0.29, 0.717) is 5.88 Å². The lowest BCUT2D eigenvalue weighted by atomic mass is 9.86. The van der Waals surface area contributed by atoms with Gasteiger partial charge in [0.05, 0.1) is 5.69 Å². The van der Waals surface area contributed by atoms with Crippen molar-refractivity contribution in [1.82, 2.24) is 4.98 Å². The van der Waals surface area contributed by atoms with Gasteiger partial charge >= 0.3 is 0 Å². The zero-order valence-electron chi connectivity index (χ0n) is 16.6. The van der Waals surface area contributed by atoms with Gasteiger partial charge in [0.2, 0.25) is 5.88 Å². The van der Waals surface area contributed by atoms with Gasteiger partial charge in [0.25, 0.3) is 0 Å². The average Bonchev–Trinajstić information content (AvgIpc) is 2.97. The van der Waals surface area contributed by atoms with Crippen molar-refractivity contribution < 1.29 is 4.74 Å². The molecule has 144 valence electrons. The number of nitrogens with two attached hydrogens (primary N) is 1. The highest BCUT2D eigenvalue weighted by Crippen LogP contribution is 2.48. The Hall–Kier alpha value is -2.50. The minimum atomic E-state index is -0.221. The quantitative estimate of drug-likeness (QED) is 0.596. The summed E-state index contributed by atoms with van der Waals surface area (Å²) in [5.74, 6) is 1.38. The summed E-state index contributed by atoms with van der Waals surface area (Å²) in [5.41, 5.74) is 10.5. The number of aryl methyl sites for hydroxylation is 1. The summed E-state index contributed by atoms with van der Waals surface area (Å²) in [7, 11) is 0. The third kappa shape index (κ3) is 3.48. The predicted octanol–water partition coefficient (Wildman–Crippen LogP) is 5.97. The van der Waals surface area contributed by atoms with Crippen LogP contribution in [0, 0.1) is 6.92 Å². The van der Waals surface area contributed by atoms with Crippen molar-refractivity contribution in [2.75, 3.05) is 4.90 Å². The Labute approximate surface area is 170 Å². The Balaban J connectivity index is 1.77. The van der Waals surface area contributed by atoms with Gasteiger partial charge < -0.3 is 15.4 Å². The van der Waals surface area contributed by atoms with Crippen LogP contribution in [0.1, 0.15) is 31.9 Å². The number of aromatic nitrogens is 1. The Kier molecular flexibility index (Phi) is 4.81. The van der Waals surface area contributed by atoms with E-state index in [2.05, 4.69) is 61.8 Å². The van der Waals surface area contributed by atoms with Crippen molar-refractivity contribution in [3.8, 4) is 11.6 Å². The summed E-state index contributed by atoms with van der Waals surface area (Å²) in [6.07, 6.45) is 1.75. The number of hydrogen-bond donors (Lipinski definition) is 1. The SMILES string of the molecule is Cc1ccc2c(c1)N(c1cccnc1Oc1ccccc1C(C)(C)C)C(N)S2. The van der Waals surface area contributed by atoms with E-state index in [1.165, 1.54) is 10.5 Å². The Morgan fingerprint density at radius 3 is 2.61 bits per heavy atom. The third-order valence-electron chi connectivity index (χ3n) is 4.79. The van der Waals surface area contributed by atoms with Gasteiger partial charge in [0, 0.05) is 16.7 Å². The van der Waals surface area contributed by atoms with Gasteiger partial charge in [0.15, 0.2) is 0 Å². The first-order valence-corrected chi connectivity index (χ1v) is 10.3. The van der Waals surface area contributed by atoms with Crippen molar-refractivity contribution in [2.45, 2.75) is 43.5 Å². The molecule has 1 unspecified atom stereocenters. The van der Waals surface area contributed by atoms with E-state index in [4.69, 9.17) is 10.5 Å². The van der Waals surface area contributed by atoms with Crippen molar-refractivity contribution in [3.63, 3.8) is 0 Å². The first kappa shape index (κ1) is 18.8. The molecule has 0 aliphatic carbocycles. The molecule has 1 aliphatic heterocycles. The first-order valence-electron chi connectivity index (χ1n) is 9.39. The van der Waals surface area contributed by atoms with Crippen LogP contribution in [0.25, 0.3) is 0 Å². The number of rotatable bonds is 3. The molecule has 5 heteroatoms. The number of anilines is 2. The van der Waals surface area contributed by atoms with Crippen LogP contribution >= 0.6 is 11.8 Å². The number of ether oxygens (including phenoxy) is 1. The highest BCUT2D eigenvalue weighted by molar-refractivity contribution is 8.00. The van der Waals surface area contributed by atoms with Gasteiger partial charge in [0.1, 0.15) is 16.9 Å². The zero-order chi connectivity index (χ0) is 19.9. The minimum Gasteiger partial charge on any atom is -0.437 e. The topological polar surface area (TPSA) is 51.4 Å². The second-order valence-electron chi connectivity index (χ2n) is 8.03. The summed E-state index contributed by atoms with van der Waals surface area (Å²) in [6.45, 7) is 8.63. The molecule has 4 rings (SSSR count). The maximum absolute atomic E-state index is 6.48. The summed E-state index contributed by atoms with van der Waals surface area (Å²) >= 11 is 1.65. The fourth-order valence-electron chi connectivity index (χ4n) is 3.43. The highest BCUT2D eigenvalue weighted by Gasteiger charge is 2.31. The van der Waals surface area contributed by atoms with Gasteiger partial charge in [-0.1, -0.05) is 56.8 Å². The maximum Gasteiger partial charge on any atom is 0.243 e. The van der Waals surface area contributed by atoms with Gasteiger partial charge in [-0.15, -0.1) is 0 Å². The van der Waals surface area contributed by atoms with Crippen LogP contribution in [-0.2, 0) is 5.41 Å². The van der Waals surface area contributed by atoms with Crippen molar-refractivity contribution in [2.24, 2.45) is 5.73 Å². The maximum atomic E-state index is 6.48. The van der Waals surface area contributed by atoms with E-state index in [-0.39, 0.29) is 10.9 Å².